The monoisotopic (exact) mass is 358 g/mol. The number of piperidine rings is 1. The summed E-state index contributed by atoms with van der Waals surface area (Å²) >= 11 is 6.25. The number of imidazole rings is 1. The molecule has 1 aliphatic heterocycles. The van der Waals surface area contributed by atoms with Gasteiger partial charge in [-0.05, 0) is 44.1 Å². The van der Waals surface area contributed by atoms with Gasteiger partial charge in [-0.3, -0.25) is 4.57 Å². The van der Waals surface area contributed by atoms with Crippen molar-refractivity contribution < 1.29 is 4.74 Å². The summed E-state index contributed by atoms with van der Waals surface area (Å²) in [7, 11) is 1.60. The number of hydrogen-bond donors (Lipinski definition) is 1. The quantitative estimate of drug-likeness (QED) is 0.776. The summed E-state index contributed by atoms with van der Waals surface area (Å²) in [6.45, 7) is 2.03. The maximum Gasteiger partial charge on any atom is 0.166 e. The summed E-state index contributed by atoms with van der Waals surface area (Å²) in [5.41, 5.74) is 1.64. The molecule has 4 rings (SSSR count). The lowest BCUT2D eigenvalue weighted by atomic mass is 10.1. The summed E-state index contributed by atoms with van der Waals surface area (Å²) in [6, 6.07) is 6.02. The van der Waals surface area contributed by atoms with Crippen LogP contribution in [0.2, 0.25) is 5.02 Å². The summed E-state index contributed by atoms with van der Waals surface area (Å²) in [6.07, 6.45) is 7.73. The van der Waals surface area contributed by atoms with E-state index >= 15 is 0 Å². The van der Waals surface area contributed by atoms with Gasteiger partial charge in [-0.1, -0.05) is 16.8 Å². The molecular formula is C17H19ClN6O. The molecule has 1 fully saturated rings. The van der Waals surface area contributed by atoms with Gasteiger partial charge in [-0.15, -0.1) is 5.10 Å². The maximum atomic E-state index is 6.25. The highest BCUT2D eigenvalue weighted by Gasteiger charge is 2.19. The standard InChI is InChI=1S/C17H19ClN6O/c1-25-16-3-2-13(10-14(16)18)23-9-8-20-17(23)15-11-24(22-21-15)12-4-6-19-7-5-12/h2-3,8-12,19H,4-7H2,1H3. The lowest BCUT2D eigenvalue weighted by molar-refractivity contribution is 0.337. The fourth-order valence-corrected chi connectivity index (χ4v) is 3.39. The molecule has 0 unspecified atom stereocenters. The number of halogens is 1. The Kier molecular flexibility index (Phi) is 4.42. The third-order valence-corrected chi connectivity index (χ3v) is 4.77. The van der Waals surface area contributed by atoms with Gasteiger partial charge in [0.25, 0.3) is 0 Å². The fourth-order valence-electron chi connectivity index (χ4n) is 3.14. The van der Waals surface area contributed by atoms with Gasteiger partial charge in [-0.2, -0.15) is 0 Å². The van der Waals surface area contributed by atoms with Crippen molar-refractivity contribution in [2.75, 3.05) is 20.2 Å². The van der Waals surface area contributed by atoms with Gasteiger partial charge in [0.15, 0.2) is 5.82 Å². The Hall–Kier alpha value is -2.38. The van der Waals surface area contributed by atoms with Crippen molar-refractivity contribution in [3.05, 3.63) is 41.8 Å². The molecule has 1 saturated heterocycles. The second-order valence-electron chi connectivity index (χ2n) is 6.00. The molecule has 2 aromatic heterocycles. The van der Waals surface area contributed by atoms with Crippen LogP contribution in [-0.2, 0) is 0 Å². The van der Waals surface area contributed by atoms with Gasteiger partial charge < -0.3 is 10.1 Å². The van der Waals surface area contributed by atoms with E-state index in [1.165, 1.54) is 0 Å². The second-order valence-corrected chi connectivity index (χ2v) is 6.41. The van der Waals surface area contributed by atoms with Crippen LogP contribution in [-0.4, -0.2) is 44.7 Å². The van der Waals surface area contributed by atoms with Crippen molar-refractivity contribution in [3.8, 4) is 23.0 Å². The average Bonchev–Trinajstić information content (AvgIpc) is 3.31. The van der Waals surface area contributed by atoms with Gasteiger partial charge >= 0.3 is 0 Å². The summed E-state index contributed by atoms with van der Waals surface area (Å²) < 4.78 is 9.12. The Balaban J connectivity index is 1.65. The SMILES string of the molecule is COc1ccc(-n2ccnc2-c2cn(C3CCNCC3)nn2)cc1Cl. The molecule has 0 spiro atoms. The van der Waals surface area contributed by atoms with E-state index in [1.807, 2.05) is 39.8 Å². The largest absolute Gasteiger partial charge is 0.495 e. The molecule has 0 radical (unpaired) electrons. The van der Waals surface area contributed by atoms with Gasteiger partial charge in [0.2, 0.25) is 0 Å². The highest BCUT2D eigenvalue weighted by molar-refractivity contribution is 6.32. The van der Waals surface area contributed by atoms with Gasteiger partial charge in [-0.25, -0.2) is 9.67 Å². The first-order valence-corrected chi connectivity index (χ1v) is 8.64. The lowest BCUT2D eigenvalue weighted by Crippen LogP contribution is -2.29. The predicted octanol–water partition coefficient (Wildman–Crippen LogP) is 2.72. The van der Waals surface area contributed by atoms with Crippen molar-refractivity contribution in [3.63, 3.8) is 0 Å². The average molecular weight is 359 g/mol. The Morgan fingerprint density at radius 2 is 2.12 bits per heavy atom. The first-order chi connectivity index (χ1) is 12.3. The fraction of sp³-hybridized carbons (Fsp3) is 0.353. The van der Waals surface area contributed by atoms with E-state index in [4.69, 9.17) is 16.3 Å². The Morgan fingerprint density at radius 1 is 1.28 bits per heavy atom. The molecular weight excluding hydrogens is 340 g/mol. The summed E-state index contributed by atoms with van der Waals surface area (Å²) in [4.78, 5) is 4.45. The van der Waals surface area contributed by atoms with E-state index in [0.29, 0.717) is 16.8 Å². The molecule has 0 aliphatic carbocycles. The van der Waals surface area contributed by atoms with Crippen LogP contribution < -0.4 is 10.1 Å². The van der Waals surface area contributed by atoms with Crippen LogP contribution in [0.3, 0.4) is 0 Å². The first kappa shape index (κ1) is 16.1. The molecule has 1 aromatic carbocycles. The molecule has 0 saturated carbocycles. The minimum atomic E-state index is 0.390. The number of methoxy groups -OCH3 is 1. The number of hydrogen-bond acceptors (Lipinski definition) is 5. The van der Waals surface area contributed by atoms with Gasteiger partial charge in [0.05, 0.1) is 24.4 Å². The van der Waals surface area contributed by atoms with Crippen LogP contribution in [0.1, 0.15) is 18.9 Å². The number of ether oxygens (including phenoxy) is 1. The van der Waals surface area contributed by atoms with E-state index in [1.54, 1.807) is 13.3 Å². The zero-order valence-electron chi connectivity index (χ0n) is 13.9. The third kappa shape index (κ3) is 3.12. The van der Waals surface area contributed by atoms with Crippen molar-refractivity contribution in [1.82, 2.24) is 29.9 Å². The normalized spacial score (nSPS) is 15.4. The van der Waals surface area contributed by atoms with Crippen LogP contribution in [0, 0.1) is 0 Å². The number of benzene rings is 1. The Bertz CT molecular complexity index is 868. The van der Waals surface area contributed by atoms with Crippen LogP contribution in [0.4, 0.5) is 0 Å². The first-order valence-electron chi connectivity index (χ1n) is 8.26. The van der Waals surface area contributed by atoms with Gasteiger partial charge in [0.1, 0.15) is 11.4 Å². The highest BCUT2D eigenvalue weighted by atomic mass is 35.5. The van der Waals surface area contributed by atoms with Crippen LogP contribution >= 0.6 is 11.6 Å². The Morgan fingerprint density at radius 3 is 2.88 bits per heavy atom. The minimum Gasteiger partial charge on any atom is -0.495 e. The van der Waals surface area contributed by atoms with Crippen LogP contribution in [0.25, 0.3) is 17.2 Å². The minimum absolute atomic E-state index is 0.390. The topological polar surface area (TPSA) is 69.8 Å². The van der Waals surface area contributed by atoms with Crippen molar-refractivity contribution in [2.24, 2.45) is 0 Å². The van der Waals surface area contributed by atoms with Crippen molar-refractivity contribution in [1.29, 1.82) is 0 Å². The second kappa shape index (κ2) is 6.85. The van der Waals surface area contributed by atoms with E-state index in [2.05, 4.69) is 20.6 Å². The number of nitrogens with zero attached hydrogens (tertiary/aromatic N) is 5. The lowest BCUT2D eigenvalue weighted by Gasteiger charge is -2.22. The highest BCUT2D eigenvalue weighted by Crippen LogP contribution is 2.29. The molecule has 0 amide bonds. The van der Waals surface area contributed by atoms with E-state index in [0.717, 1.165) is 43.1 Å². The smallest absolute Gasteiger partial charge is 0.166 e. The number of nitrogens with one attached hydrogen (secondary N) is 1. The molecule has 7 nitrogen and oxygen atoms in total. The molecule has 1 N–H and O–H groups in total. The number of aromatic nitrogens is 5. The molecule has 0 bridgehead atoms. The number of rotatable bonds is 4. The van der Waals surface area contributed by atoms with Gasteiger partial charge in [0, 0.05) is 18.1 Å². The predicted molar refractivity (Wildman–Crippen MR) is 95.3 cm³/mol. The molecule has 8 heteroatoms. The molecule has 3 heterocycles. The molecule has 1 aliphatic rings. The molecule has 130 valence electrons. The summed E-state index contributed by atoms with van der Waals surface area (Å²) in [5, 5.41) is 12.6. The molecule has 25 heavy (non-hydrogen) atoms. The van der Waals surface area contributed by atoms with Crippen LogP contribution in [0.5, 0.6) is 5.75 Å². The van der Waals surface area contributed by atoms with E-state index in [-0.39, 0.29) is 0 Å². The molecule has 3 aromatic rings. The zero-order valence-corrected chi connectivity index (χ0v) is 14.6. The van der Waals surface area contributed by atoms with Crippen molar-refractivity contribution in [2.45, 2.75) is 18.9 Å². The van der Waals surface area contributed by atoms with E-state index < -0.39 is 0 Å². The van der Waals surface area contributed by atoms with E-state index in [9.17, 15) is 0 Å². The third-order valence-electron chi connectivity index (χ3n) is 4.48. The van der Waals surface area contributed by atoms with Crippen molar-refractivity contribution >= 4 is 11.6 Å². The Labute approximate surface area is 150 Å². The molecule has 0 atom stereocenters. The maximum absolute atomic E-state index is 6.25. The zero-order chi connectivity index (χ0) is 17.2. The summed E-state index contributed by atoms with van der Waals surface area (Å²) in [5.74, 6) is 1.38. The van der Waals surface area contributed by atoms with Crippen LogP contribution in [0.15, 0.2) is 36.8 Å².